The molecule has 7 heteroatoms. The summed E-state index contributed by atoms with van der Waals surface area (Å²) in [6, 6.07) is 14.1. The Labute approximate surface area is 162 Å². The molecule has 4 N–H and O–H groups in total. The molecule has 0 aliphatic rings. The Kier molecular flexibility index (Phi) is 4.63. The van der Waals surface area contributed by atoms with Crippen LogP contribution in [0.2, 0.25) is 0 Å². The van der Waals surface area contributed by atoms with E-state index in [9.17, 15) is 0 Å². The summed E-state index contributed by atoms with van der Waals surface area (Å²) in [7, 11) is 0. The Morgan fingerprint density at radius 2 is 1.89 bits per heavy atom. The number of nitrogen functional groups attached to an aromatic ring is 1. The van der Waals surface area contributed by atoms with Gasteiger partial charge < -0.3 is 16.5 Å². The number of rotatable bonds is 5. The molecule has 0 spiro atoms. The van der Waals surface area contributed by atoms with Crippen LogP contribution in [0.1, 0.15) is 16.7 Å². The quantitative estimate of drug-likeness (QED) is 0.463. The van der Waals surface area contributed by atoms with Crippen molar-refractivity contribution in [1.82, 2.24) is 19.9 Å². The molecular formula is C21H19N7. The first-order valence-electron chi connectivity index (χ1n) is 8.81. The molecule has 0 saturated carbocycles. The van der Waals surface area contributed by atoms with E-state index in [1.54, 1.807) is 6.20 Å². The van der Waals surface area contributed by atoms with E-state index in [-0.39, 0.29) is 5.82 Å². The molecule has 2 heterocycles. The van der Waals surface area contributed by atoms with E-state index >= 15 is 0 Å². The van der Waals surface area contributed by atoms with Crippen molar-refractivity contribution in [3.05, 3.63) is 71.7 Å². The lowest BCUT2D eigenvalue weighted by Crippen LogP contribution is -2.04. The number of nitrogens with two attached hydrogens (primary N) is 1. The highest BCUT2D eigenvalue weighted by molar-refractivity contribution is 5.94. The number of benzene rings is 2. The summed E-state index contributed by atoms with van der Waals surface area (Å²) in [6.45, 7) is 2.73. The molecule has 7 nitrogen and oxygen atoms in total. The number of fused-ring (bicyclic) bond motifs is 1. The van der Waals surface area contributed by atoms with Gasteiger partial charge in [-0.25, -0.2) is 19.9 Å². The van der Waals surface area contributed by atoms with Crippen LogP contribution in [-0.2, 0) is 6.54 Å². The molecule has 0 atom stereocenters. The zero-order chi connectivity index (χ0) is 19.5. The summed E-state index contributed by atoms with van der Waals surface area (Å²) < 4.78 is 0. The Bertz CT molecular complexity index is 1150. The smallest absolute Gasteiger partial charge is 0.223 e. The standard InChI is InChI=1S/C21H19N7/c1-13-2-4-14(5-3-13)10-24-21-25-11-16-8-15(6-7-18(16)28-21)19-17(9-22)20(23)27-12-26-19/h2-9,11-12,22H,10H2,1H3,(H2,23,26,27)(H,24,25,28). The summed E-state index contributed by atoms with van der Waals surface area (Å²) >= 11 is 0. The molecule has 0 bridgehead atoms. The lowest BCUT2D eigenvalue weighted by Gasteiger charge is -2.09. The monoisotopic (exact) mass is 369 g/mol. The van der Waals surface area contributed by atoms with E-state index in [0.29, 0.717) is 23.8 Å². The van der Waals surface area contributed by atoms with Crippen LogP contribution in [0.3, 0.4) is 0 Å². The van der Waals surface area contributed by atoms with Gasteiger partial charge in [0.25, 0.3) is 0 Å². The molecule has 2 aromatic carbocycles. The second-order valence-corrected chi connectivity index (χ2v) is 6.47. The number of hydrogen-bond donors (Lipinski definition) is 3. The molecule has 0 unspecified atom stereocenters. The van der Waals surface area contributed by atoms with E-state index in [0.717, 1.165) is 16.5 Å². The molecular weight excluding hydrogens is 350 g/mol. The van der Waals surface area contributed by atoms with Crippen LogP contribution in [0.5, 0.6) is 0 Å². The van der Waals surface area contributed by atoms with Crippen LogP contribution in [0.4, 0.5) is 11.8 Å². The van der Waals surface area contributed by atoms with E-state index in [4.69, 9.17) is 11.1 Å². The van der Waals surface area contributed by atoms with Gasteiger partial charge in [-0.05, 0) is 24.6 Å². The van der Waals surface area contributed by atoms with Gasteiger partial charge >= 0.3 is 0 Å². The number of nitrogens with zero attached hydrogens (tertiary/aromatic N) is 4. The number of aryl methyl sites for hydroxylation is 1. The highest BCUT2D eigenvalue weighted by Crippen LogP contribution is 2.26. The van der Waals surface area contributed by atoms with E-state index in [1.807, 2.05) is 18.2 Å². The highest BCUT2D eigenvalue weighted by atomic mass is 15.1. The largest absolute Gasteiger partial charge is 0.383 e. The van der Waals surface area contributed by atoms with Crippen molar-refractivity contribution in [2.45, 2.75) is 13.5 Å². The van der Waals surface area contributed by atoms with Crippen molar-refractivity contribution >= 4 is 28.9 Å². The van der Waals surface area contributed by atoms with Crippen LogP contribution in [0.25, 0.3) is 22.2 Å². The zero-order valence-corrected chi connectivity index (χ0v) is 15.3. The lowest BCUT2D eigenvalue weighted by atomic mass is 10.1. The third-order valence-corrected chi connectivity index (χ3v) is 4.48. The number of aromatic nitrogens is 4. The Hall–Kier alpha value is -3.87. The van der Waals surface area contributed by atoms with Crippen molar-refractivity contribution < 1.29 is 0 Å². The van der Waals surface area contributed by atoms with Gasteiger partial charge in [0, 0.05) is 29.9 Å². The molecule has 0 radical (unpaired) electrons. The first kappa shape index (κ1) is 17.5. The van der Waals surface area contributed by atoms with E-state index < -0.39 is 0 Å². The van der Waals surface area contributed by atoms with Crippen molar-refractivity contribution in [3.8, 4) is 11.3 Å². The van der Waals surface area contributed by atoms with Gasteiger partial charge in [-0.15, -0.1) is 0 Å². The summed E-state index contributed by atoms with van der Waals surface area (Å²) in [5, 5.41) is 11.7. The minimum absolute atomic E-state index is 0.284. The Morgan fingerprint density at radius 3 is 2.68 bits per heavy atom. The summed E-state index contributed by atoms with van der Waals surface area (Å²) in [5.74, 6) is 0.860. The second kappa shape index (κ2) is 7.40. The maximum Gasteiger partial charge on any atom is 0.223 e. The first-order chi connectivity index (χ1) is 13.6. The van der Waals surface area contributed by atoms with E-state index in [1.165, 1.54) is 23.7 Å². The minimum atomic E-state index is 0.284. The summed E-state index contributed by atoms with van der Waals surface area (Å²) in [4.78, 5) is 17.2. The third-order valence-electron chi connectivity index (χ3n) is 4.48. The fourth-order valence-corrected chi connectivity index (χ4v) is 2.93. The normalized spacial score (nSPS) is 10.8. The first-order valence-corrected chi connectivity index (χ1v) is 8.81. The van der Waals surface area contributed by atoms with Gasteiger partial charge in [0.05, 0.1) is 16.8 Å². The number of hydrogen-bond acceptors (Lipinski definition) is 7. The molecule has 0 saturated heterocycles. The zero-order valence-electron chi connectivity index (χ0n) is 15.3. The number of anilines is 2. The van der Waals surface area contributed by atoms with Crippen molar-refractivity contribution in [2.75, 3.05) is 11.1 Å². The van der Waals surface area contributed by atoms with Crippen LogP contribution < -0.4 is 11.1 Å². The third kappa shape index (κ3) is 3.50. The van der Waals surface area contributed by atoms with Gasteiger partial charge in [-0.3, -0.25) is 0 Å². The predicted octanol–water partition coefficient (Wildman–Crippen LogP) is 3.59. The fraction of sp³-hybridized carbons (Fsp3) is 0.0952. The lowest BCUT2D eigenvalue weighted by molar-refractivity contribution is 1.07. The minimum Gasteiger partial charge on any atom is -0.383 e. The second-order valence-electron chi connectivity index (χ2n) is 6.47. The molecule has 0 fully saturated rings. The number of nitrogens with one attached hydrogen (secondary N) is 2. The van der Waals surface area contributed by atoms with Crippen LogP contribution in [0.15, 0.2) is 55.0 Å². The van der Waals surface area contributed by atoms with Crippen LogP contribution in [-0.4, -0.2) is 26.2 Å². The van der Waals surface area contributed by atoms with Crippen molar-refractivity contribution in [1.29, 1.82) is 5.41 Å². The molecule has 138 valence electrons. The average Bonchev–Trinajstić information content (AvgIpc) is 2.72. The summed E-state index contributed by atoms with van der Waals surface area (Å²) in [5.41, 5.74) is 11.0. The molecule has 28 heavy (non-hydrogen) atoms. The molecule has 2 aromatic heterocycles. The SMILES string of the molecule is Cc1ccc(CNc2ncc3cc(-c4ncnc(N)c4C=N)ccc3n2)cc1. The topological polar surface area (TPSA) is 113 Å². The predicted molar refractivity (Wildman–Crippen MR) is 111 cm³/mol. The maximum atomic E-state index is 7.58. The van der Waals surface area contributed by atoms with Gasteiger partial charge in [-0.2, -0.15) is 0 Å². The van der Waals surface area contributed by atoms with Crippen molar-refractivity contribution in [3.63, 3.8) is 0 Å². The Balaban J connectivity index is 1.60. The average molecular weight is 369 g/mol. The van der Waals surface area contributed by atoms with Gasteiger partial charge in [0.1, 0.15) is 12.1 Å². The fourth-order valence-electron chi connectivity index (χ4n) is 2.93. The van der Waals surface area contributed by atoms with Crippen LogP contribution in [0, 0.1) is 12.3 Å². The molecule has 4 aromatic rings. The van der Waals surface area contributed by atoms with E-state index in [2.05, 4.69) is 56.4 Å². The molecule has 0 aliphatic carbocycles. The van der Waals surface area contributed by atoms with Gasteiger partial charge in [0.15, 0.2) is 0 Å². The highest BCUT2D eigenvalue weighted by Gasteiger charge is 2.10. The maximum absolute atomic E-state index is 7.58. The van der Waals surface area contributed by atoms with Gasteiger partial charge in [0.2, 0.25) is 5.95 Å². The van der Waals surface area contributed by atoms with Crippen LogP contribution >= 0.6 is 0 Å². The molecule has 4 rings (SSSR count). The molecule has 0 aliphatic heterocycles. The summed E-state index contributed by atoms with van der Waals surface area (Å²) in [6.07, 6.45) is 4.35. The molecule has 0 amide bonds. The Morgan fingerprint density at radius 1 is 1.07 bits per heavy atom. The van der Waals surface area contributed by atoms with Crippen molar-refractivity contribution in [2.24, 2.45) is 0 Å². The van der Waals surface area contributed by atoms with Gasteiger partial charge in [-0.1, -0.05) is 35.9 Å².